The maximum absolute atomic E-state index is 13.9. The second kappa shape index (κ2) is 11.3. The van der Waals surface area contributed by atoms with Crippen molar-refractivity contribution in [1.29, 1.82) is 0 Å². The first-order valence-corrected chi connectivity index (χ1v) is 13.5. The van der Waals surface area contributed by atoms with Gasteiger partial charge in [-0.05, 0) is 62.0 Å². The second-order valence-corrected chi connectivity index (χ2v) is 10.2. The Balaban J connectivity index is 1.64. The van der Waals surface area contributed by atoms with Gasteiger partial charge in [-0.15, -0.1) is 0 Å². The lowest BCUT2D eigenvalue weighted by atomic mass is 9.95. The van der Waals surface area contributed by atoms with Crippen molar-refractivity contribution in [3.8, 4) is 11.5 Å². The predicted octanol–water partition coefficient (Wildman–Crippen LogP) is 3.35. The van der Waals surface area contributed by atoms with Crippen molar-refractivity contribution < 1.29 is 23.4 Å². The van der Waals surface area contributed by atoms with Crippen LogP contribution in [0.3, 0.4) is 0 Å². The van der Waals surface area contributed by atoms with E-state index in [-0.39, 0.29) is 17.7 Å². The molecule has 1 aliphatic rings. The molecule has 0 saturated heterocycles. The number of esters is 1. The predicted molar refractivity (Wildman–Crippen MR) is 145 cm³/mol. The number of hydrogen-bond donors (Lipinski definition) is 0. The Kier molecular flexibility index (Phi) is 7.66. The summed E-state index contributed by atoms with van der Waals surface area (Å²) in [5.41, 5.74) is 0.943. The number of fused-ring (bicyclic) bond motifs is 1. The van der Waals surface area contributed by atoms with Crippen molar-refractivity contribution in [2.24, 2.45) is 4.99 Å². The molecule has 0 spiro atoms. The van der Waals surface area contributed by atoms with E-state index in [1.807, 2.05) is 0 Å². The van der Waals surface area contributed by atoms with E-state index in [9.17, 15) is 9.59 Å². The van der Waals surface area contributed by atoms with E-state index in [1.165, 1.54) is 34.8 Å². The molecule has 200 valence electrons. The lowest BCUT2D eigenvalue weighted by Gasteiger charge is -2.26. The summed E-state index contributed by atoms with van der Waals surface area (Å²) in [4.78, 5) is 40.4. The zero-order valence-electron chi connectivity index (χ0n) is 21.5. The first-order chi connectivity index (χ1) is 18.9. The lowest BCUT2D eigenvalue weighted by Crippen LogP contribution is -2.40. The van der Waals surface area contributed by atoms with Crippen LogP contribution in [-0.4, -0.2) is 41.3 Å². The van der Waals surface area contributed by atoms with E-state index >= 15 is 0 Å². The highest BCUT2D eigenvalue weighted by Crippen LogP contribution is 2.37. The van der Waals surface area contributed by atoms with Crippen molar-refractivity contribution in [1.82, 2.24) is 14.5 Å². The first kappa shape index (κ1) is 26.4. The van der Waals surface area contributed by atoms with Gasteiger partial charge in [-0.1, -0.05) is 11.3 Å². The molecule has 1 aromatic carbocycles. The standard InChI is InChI=1S/C27H24N4O6S2/c1-5-36-25(33)22-15(2)30-27-31(23(22)18-13-16(34-3)7-9-19(18)35-4)24(32)20(38-27)14-17-8-10-21(37-17)39-26-28-11-6-12-29-26/h6-14,23H,5H2,1-4H3/b20-14+/t23-/m1/s1. The van der Waals surface area contributed by atoms with Crippen LogP contribution in [0.4, 0.5) is 0 Å². The number of methoxy groups -OCH3 is 2. The van der Waals surface area contributed by atoms with Crippen LogP contribution in [0.15, 0.2) is 84.5 Å². The molecule has 1 aliphatic heterocycles. The van der Waals surface area contributed by atoms with E-state index in [0.717, 1.165) is 0 Å². The van der Waals surface area contributed by atoms with Crippen molar-refractivity contribution in [3.05, 3.63) is 91.1 Å². The third kappa shape index (κ3) is 5.25. The SMILES string of the molecule is CCOC(=O)C1=C(C)N=c2s/c(=C/c3ccc(Sc4ncccn4)o3)c(=O)n2[C@@H]1c1cc(OC)ccc1OC. The summed E-state index contributed by atoms with van der Waals surface area (Å²) in [6.45, 7) is 3.63. The fourth-order valence-electron chi connectivity index (χ4n) is 4.16. The number of thiazole rings is 1. The summed E-state index contributed by atoms with van der Waals surface area (Å²) in [6.07, 6.45) is 4.96. The minimum absolute atomic E-state index is 0.175. The fourth-order valence-corrected chi connectivity index (χ4v) is 5.87. The van der Waals surface area contributed by atoms with Gasteiger partial charge in [-0.3, -0.25) is 9.36 Å². The number of hydrogen-bond acceptors (Lipinski definition) is 11. The van der Waals surface area contributed by atoms with Crippen LogP contribution in [0.2, 0.25) is 0 Å². The highest BCUT2D eigenvalue weighted by molar-refractivity contribution is 7.99. The summed E-state index contributed by atoms with van der Waals surface area (Å²) in [6, 6.07) is 9.69. The normalized spacial score (nSPS) is 15.1. The monoisotopic (exact) mass is 564 g/mol. The molecule has 5 rings (SSSR count). The lowest BCUT2D eigenvalue weighted by molar-refractivity contribution is -0.139. The van der Waals surface area contributed by atoms with Crippen LogP contribution < -0.4 is 24.4 Å². The van der Waals surface area contributed by atoms with Gasteiger partial charge >= 0.3 is 5.97 Å². The largest absolute Gasteiger partial charge is 0.497 e. The molecule has 4 aromatic rings. The van der Waals surface area contributed by atoms with Crippen LogP contribution >= 0.6 is 23.1 Å². The van der Waals surface area contributed by atoms with Crippen molar-refractivity contribution in [2.75, 3.05) is 20.8 Å². The molecule has 10 nitrogen and oxygen atoms in total. The third-order valence-corrected chi connectivity index (χ3v) is 7.65. The van der Waals surface area contributed by atoms with E-state index in [4.69, 9.17) is 18.6 Å². The zero-order chi connectivity index (χ0) is 27.5. The molecule has 1 atom stereocenters. The van der Waals surface area contributed by atoms with Crippen LogP contribution in [0.5, 0.6) is 11.5 Å². The maximum atomic E-state index is 13.9. The Morgan fingerprint density at radius 2 is 1.97 bits per heavy atom. The Hall–Kier alpha value is -4.16. The van der Waals surface area contributed by atoms with Gasteiger partial charge in [0.2, 0.25) is 0 Å². The van der Waals surface area contributed by atoms with Gasteiger partial charge in [0, 0.05) is 24.0 Å². The molecule has 0 bridgehead atoms. The minimum Gasteiger partial charge on any atom is -0.497 e. The quantitative estimate of drug-likeness (QED) is 0.235. The van der Waals surface area contributed by atoms with E-state index in [0.29, 0.717) is 48.1 Å². The van der Waals surface area contributed by atoms with Gasteiger partial charge in [-0.25, -0.2) is 19.8 Å². The first-order valence-electron chi connectivity index (χ1n) is 11.9. The molecule has 4 heterocycles. The smallest absolute Gasteiger partial charge is 0.338 e. The van der Waals surface area contributed by atoms with E-state index < -0.39 is 12.0 Å². The molecule has 3 aromatic heterocycles. The van der Waals surface area contributed by atoms with Crippen molar-refractivity contribution >= 4 is 35.1 Å². The number of nitrogens with zero attached hydrogens (tertiary/aromatic N) is 4. The maximum Gasteiger partial charge on any atom is 0.338 e. The molecule has 0 radical (unpaired) electrons. The molecular weight excluding hydrogens is 540 g/mol. The molecular formula is C27H24N4O6S2. The number of rotatable bonds is 8. The van der Waals surface area contributed by atoms with Gasteiger partial charge in [0.15, 0.2) is 15.1 Å². The average Bonchev–Trinajstić information content (AvgIpc) is 3.51. The van der Waals surface area contributed by atoms with Gasteiger partial charge in [0.1, 0.15) is 23.3 Å². The summed E-state index contributed by atoms with van der Waals surface area (Å²) < 4.78 is 24.2. The third-order valence-electron chi connectivity index (χ3n) is 5.86. The molecule has 0 aliphatic carbocycles. The average molecular weight is 565 g/mol. The Morgan fingerprint density at radius 3 is 2.69 bits per heavy atom. The van der Waals surface area contributed by atoms with Crippen LogP contribution in [0.1, 0.15) is 31.2 Å². The molecule has 0 saturated carbocycles. The minimum atomic E-state index is -0.842. The van der Waals surface area contributed by atoms with E-state index in [1.54, 1.807) is 75.8 Å². The number of aromatic nitrogens is 3. The highest BCUT2D eigenvalue weighted by Gasteiger charge is 2.35. The number of benzene rings is 1. The van der Waals surface area contributed by atoms with Crippen LogP contribution in [0, 0.1) is 0 Å². The second-order valence-electron chi connectivity index (χ2n) is 8.20. The number of carbonyl (C=O) groups is 1. The molecule has 0 fully saturated rings. The highest BCUT2D eigenvalue weighted by atomic mass is 32.2. The number of ether oxygens (including phenoxy) is 3. The summed E-state index contributed by atoms with van der Waals surface area (Å²) in [7, 11) is 3.08. The molecule has 12 heteroatoms. The van der Waals surface area contributed by atoms with Gasteiger partial charge in [0.05, 0.1) is 36.6 Å². The number of allylic oxidation sites excluding steroid dienone is 1. The van der Waals surface area contributed by atoms with Gasteiger partial charge in [-0.2, -0.15) is 0 Å². The molecule has 39 heavy (non-hydrogen) atoms. The van der Waals surface area contributed by atoms with E-state index in [2.05, 4.69) is 15.0 Å². The topological polar surface area (TPSA) is 118 Å². The van der Waals surface area contributed by atoms with Crippen LogP contribution in [0.25, 0.3) is 6.08 Å². The van der Waals surface area contributed by atoms with Crippen molar-refractivity contribution in [2.45, 2.75) is 30.1 Å². The Labute approximate surface area is 231 Å². The summed E-state index contributed by atoms with van der Waals surface area (Å²) >= 11 is 2.47. The number of furan rings is 1. The fraction of sp³-hybridized carbons (Fsp3) is 0.222. The molecule has 0 unspecified atom stereocenters. The summed E-state index contributed by atoms with van der Waals surface area (Å²) in [5.74, 6) is 0.964. The zero-order valence-corrected chi connectivity index (χ0v) is 23.2. The van der Waals surface area contributed by atoms with Crippen LogP contribution in [-0.2, 0) is 9.53 Å². The molecule has 0 amide bonds. The van der Waals surface area contributed by atoms with Gasteiger partial charge < -0.3 is 18.6 Å². The number of carbonyl (C=O) groups excluding carboxylic acids is 1. The Bertz CT molecular complexity index is 1740. The Morgan fingerprint density at radius 1 is 1.18 bits per heavy atom. The summed E-state index contributed by atoms with van der Waals surface area (Å²) in [5, 5.41) is 1.13. The van der Waals surface area contributed by atoms with Crippen molar-refractivity contribution in [3.63, 3.8) is 0 Å². The van der Waals surface area contributed by atoms with Gasteiger partial charge in [0.25, 0.3) is 5.56 Å². The molecule has 0 N–H and O–H groups in total.